The number of pyridine rings is 1. The summed E-state index contributed by atoms with van der Waals surface area (Å²) >= 11 is 0. The third-order valence-electron chi connectivity index (χ3n) is 1.72. The van der Waals surface area contributed by atoms with Gasteiger partial charge in [0.1, 0.15) is 5.69 Å². The molecule has 0 aliphatic heterocycles. The maximum atomic E-state index is 11.3. The molecule has 0 aromatic carbocycles. The second kappa shape index (κ2) is 5.21. The molecule has 4 heteroatoms. The van der Waals surface area contributed by atoms with Crippen LogP contribution in [0, 0.1) is 0 Å². The Morgan fingerprint density at radius 3 is 3.00 bits per heavy atom. The Balaban J connectivity index is 2.56. The van der Waals surface area contributed by atoms with Crippen molar-refractivity contribution in [2.75, 3.05) is 6.61 Å². The summed E-state index contributed by atoms with van der Waals surface area (Å²) in [5.74, 6) is -0.476. The van der Waals surface area contributed by atoms with Crippen molar-refractivity contribution in [2.24, 2.45) is 0 Å². The molecule has 0 unspecified atom stereocenters. The summed E-state index contributed by atoms with van der Waals surface area (Å²) in [4.78, 5) is 24.8. The summed E-state index contributed by atoms with van der Waals surface area (Å²) in [5.41, 5.74) is -0.000190. The summed E-state index contributed by atoms with van der Waals surface area (Å²) in [6.45, 7) is 2.41. The van der Waals surface area contributed by atoms with Crippen molar-refractivity contribution < 1.29 is 9.53 Å². The standard InChI is InChI=1S/C10H13NO3/c1-2-3-6-14-10(13)9-7-8(12)4-5-11-9/h4-5,7H,2-3,6H2,1H3,(H,11,12). The minimum absolute atomic E-state index is 0.202. The summed E-state index contributed by atoms with van der Waals surface area (Å²) in [6, 6.07) is 2.58. The molecule has 0 radical (unpaired) electrons. The summed E-state index contributed by atoms with van der Waals surface area (Å²) < 4.78 is 4.91. The first-order chi connectivity index (χ1) is 6.74. The van der Waals surface area contributed by atoms with Gasteiger partial charge in [0.05, 0.1) is 6.61 Å². The van der Waals surface area contributed by atoms with Crippen molar-refractivity contribution in [1.82, 2.24) is 4.98 Å². The van der Waals surface area contributed by atoms with Crippen LogP contribution in [0.2, 0.25) is 0 Å². The van der Waals surface area contributed by atoms with Gasteiger partial charge in [0.25, 0.3) is 0 Å². The van der Waals surface area contributed by atoms with Crippen molar-refractivity contribution in [2.45, 2.75) is 19.8 Å². The first-order valence-electron chi connectivity index (χ1n) is 4.60. The van der Waals surface area contributed by atoms with Gasteiger partial charge >= 0.3 is 5.97 Å². The number of carbonyl (C=O) groups excluding carboxylic acids is 1. The van der Waals surface area contributed by atoms with Gasteiger partial charge in [-0.3, -0.25) is 4.79 Å². The van der Waals surface area contributed by atoms with Crippen LogP contribution in [0.3, 0.4) is 0 Å². The van der Waals surface area contributed by atoms with Crippen molar-refractivity contribution in [3.63, 3.8) is 0 Å². The lowest BCUT2D eigenvalue weighted by molar-refractivity contribution is 0.0492. The first kappa shape index (κ1) is 10.5. The molecular weight excluding hydrogens is 182 g/mol. The minimum Gasteiger partial charge on any atom is -0.461 e. The molecule has 76 valence electrons. The third kappa shape index (κ3) is 3.05. The molecule has 0 spiro atoms. The van der Waals surface area contributed by atoms with Crippen LogP contribution in [0.1, 0.15) is 30.3 Å². The van der Waals surface area contributed by atoms with E-state index in [1.54, 1.807) is 0 Å². The lowest BCUT2D eigenvalue weighted by Crippen LogP contribution is -2.11. The van der Waals surface area contributed by atoms with Crippen molar-refractivity contribution in [3.05, 3.63) is 34.2 Å². The number of hydrogen-bond donors (Lipinski definition) is 1. The number of hydrogen-bond acceptors (Lipinski definition) is 3. The Kier molecular flexibility index (Phi) is 3.91. The molecule has 1 heterocycles. The minimum atomic E-state index is -0.476. The van der Waals surface area contributed by atoms with E-state index < -0.39 is 5.97 Å². The van der Waals surface area contributed by atoms with E-state index in [0.29, 0.717) is 6.61 Å². The molecule has 4 nitrogen and oxygen atoms in total. The lowest BCUT2D eigenvalue weighted by atomic mass is 10.3. The largest absolute Gasteiger partial charge is 0.461 e. The van der Waals surface area contributed by atoms with E-state index >= 15 is 0 Å². The molecule has 0 aliphatic carbocycles. The summed E-state index contributed by atoms with van der Waals surface area (Å²) in [5, 5.41) is 0. The molecule has 1 N–H and O–H groups in total. The van der Waals surface area contributed by atoms with Crippen LogP contribution in [0.5, 0.6) is 0 Å². The molecule has 0 atom stereocenters. The number of carbonyl (C=O) groups is 1. The number of H-pyrrole nitrogens is 1. The first-order valence-corrected chi connectivity index (χ1v) is 4.60. The van der Waals surface area contributed by atoms with Gasteiger partial charge in [-0.15, -0.1) is 0 Å². The van der Waals surface area contributed by atoms with Crippen LogP contribution in [-0.4, -0.2) is 17.6 Å². The van der Waals surface area contributed by atoms with E-state index in [4.69, 9.17) is 4.74 Å². The maximum absolute atomic E-state index is 11.3. The Hall–Kier alpha value is -1.58. The molecule has 14 heavy (non-hydrogen) atoms. The average Bonchev–Trinajstić information content (AvgIpc) is 2.18. The third-order valence-corrected chi connectivity index (χ3v) is 1.72. The molecule has 0 fully saturated rings. The number of esters is 1. The van der Waals surface area contributed by atoms with Gasteiger partial charge in [-0.2, -0.15) is 0 Å². The Morgan fingerprint density at radius 1 is 1.57 bits per heavy atom. The highest BCUT2D eigenvalue weighted by Crippen LogP contribution is 1.95. The predicted octanol–water partition coefficient (Wildman–Crippen LogP) is 1.33. The Labute approximate surface area is 81.9 Å². The zero-order valence-corrected chi connectivity index (χ0v) is 8.08. The number of nitrogens with one attached hydrogen (secondary N) is 1. The maximum Gasteiger partial charge on any atom is 0.354 e. The van der Waals surface area contributed by atoms with E-state index in [9.17, 15) is 9.59 Å². The van der Waals surface area contributed by atoms with Crippen LogP contribution in [0.25, 0.3) is 0 Å². The number of aromatic nitrogens is 1. The fraction of sp³-hybridized carbons (Fsp3) is 0.400. The number of aromatic amines is 1. The van der Waals surface area contributed by atoms with E-state index in [-0.39, 0.29) is 11.1 Å². The summed E-state index contributed by atoms with van der Waals surface area (Å²) in [7, 11) is 0. The Morgan fingerprint density at radius 2 is 2.36 bits per heavy atom. The van der Waals surface area contributed by atoms with Gasteiger partial charge in [0, 0.05) is 18.3 Å². The van der Waals surface area contributed by atoms with E-state index in [0.717, 1.165) is 12.8 Å². The fourth-order valence-corrected chi connectivity index (χ4v) is 0.950. The highest BCUT2D eigenvalue weighted by molar-refractivity contribution is 5.86. The van der Waals surface area contributed by atoms with Crippen LogP contribution in [0.15, 0.2) is 23.1 Å². The highest BCUT2D eigenvalue weighted by Gasteiger charge is 2.06. The van der Waals surface area contributed by atoms with E-state index in [2.05, 4.69) is 4.98 Å². The number of rotatable bonds is 4. The van der Waals surface area contributed by atoms with Crippen molar-refractivity contribution in [3.8, 4) is 0 Å². The lowest BCUT2D eigenvalue weighted by Gasteiger charge is -2.02. The molecule has 1 rings (SSSR count). The van der Waals surface area contributed by atoms with Gasteiger partial charge in [-0.25, -0.2) is 4.79 Å². The SMILES string of the molecule is CCCCOC(=O)c1cc(=O)cc[nH]1. The quantitative estimate of drug-likeness (QED) is 0.582. The number of ether oxygens (including phenoxy) is 1. The van der Waals surface area contributed by atoms with Crippen LogP contribution < -0.4 is 5.43 Å². The second-order valence-electron chi connectivity index (χ2n) is 2.93. The topological polar surface area (TPSA) is 59.2 Å². The molecule has 0 saturated carbocycles. The van der Waals surface area contributed by atoms with Gasteiger partial charge in [-0.05, 0) is 6.42 Å². The highest BCUT2D eigenvalue weighted by atomic mass is 16.5. The van der Waals surface area contributed by atoms with Crippen LogP contribution in [0.4, 0.5) is 0 Å². The van der Waals surface area contributed by atoms with Gasteiger partial charge in [-0.1, -0.05) is 13.3 Å². The van der Waals surface area contributed by atoms with E-state index in [1.807, 2.05) is 6.92 Å². The predicted molar refractivity (Wildman–Crippen MR) is 52.3 cm³/mol. The average molecular weight is 195 g/mol. The Bertz CT molecular complexity index is 356. The molecule has 0 saturated heterocycles. The second-order valence-corrected chi connectivity index (χ2v) is 2.93. The molecular formula is C10H13NO3. The zero-order valence-electron chi connectivity index (χ0n) is 8.08. The molecule has 0 bridgehead atoms. The smallest absolute Gasteiger partial charge is 0.354 e. The monoisotopic (exact) mass is 195 g/mol. The fourth-order valence-electron chi connectivity index (χ4n) is 0.950. The van der Waals surface area contributed by atoms with Crippen molar-refractivity contribution in [1.29, 1.82) is 0 Å². The molecule has 1 aromatic heterocycles. The van der Waals surface area contributed by atoms with Crippen molar-refractivity contribution >= 4 is 5.97 Å². The number of unbranched alkanes of at least 4 members (excludes halogenated alkanes) is 1. The summed E-state index contributed by atoms with van der Waals surface area (Å²) in [6.07, 6.45) is 3.24. The zero-order chi connectivity index (χ0) is 10.4. The molecule has 1 aromatic rings. The van der Waals surface area contributed by atoms with E-state index in [1.165, 1.54) is 18.3 Å². The molecule has 0 aliphatic rings. The van der Waals surface area contributed by atoms with Crippen LogP contribution in [-0.2, 0) is 4.74 Å². The van der Waals surface area contributed by atoms with Crippen LogP contribution >= 0.6 is 0 Å². The van der Waals surface area contributed by atoms with Gasteiger partial charge in [0.15, 0.2) is 5.43 Å². The normalized spacial score (nSPS) is 9.79. The molecule has 0 amide bonds. The van der Waals surface area contributed by atoms with Gasteiger partial charge in [0.2, 0.25) is 0 Å². The van der Waals surface area contributed by atoms with Gasteiger partial charge < -0.3 is 9.72 Å².